The molecule has 1 aliphatic heterocycles. The molecule has 0 aliphatic carbocycles. The first-order valence-corrected chi connectivity index (χ1v) is 6.82. The van der Waals surface area contributed by atoms with Crippen molar-refractivity contribution in [2.45, 2.75) is 19.3 Å². The van der Waals surface area contributed by atoms with Gasteiger partial charge < -0.3 is 10.0 Å². The van der Waals surface area contributed by atoms with Crippen LogP contribution in [-0.2, 0) is 4.79 Å². The van der Waals surface area contributed by atoms with Crippen molar-refractivity contribution in [3.8, 4) is 0 Å². The number of hydrogen-bond donors (Lipinski definition) is 1. The number of rotatable bonds is 1. The fourth-order valence-corrected chi connectivity index (χ4v) is 2.58. The molecular weight excluding hydrogens is 294 g/mol. The van der Waals surface area contributed by atoms with Crippen molar-refractivity contribution in [1.29, 1.82) is 0 Å². The molecule has 1 N–H and O–H groups in total. The maximum Gasteiger partial charge on any atom is 0.331 e. The normalized spacial score (nSPS) is 16.1. The van der Waals surface area contributed by atoms with Crippen molar-refractivity contribution in [2.75, 3.05) is 18.5 Å². The lowest BCUT2D eigenvalue weighted by molar-refractivity contribution is -0.132. The summed E-state index contributed by atoms with van der Waals surface area (Å²) in [6, 6.07) is 5.99. The monoisotopic (exact) mass is 309 g/mol. The van der Waals surface area contributed by atoms with Crippen molar-refractivity contribution >= 4 is 33.7 Å². The zero-order chi connectivity index (χ0) is 13.1. The third-order valence-electron chi connectivity index (χ3n) is 3.19. The van der Waals surface area contributed by atoms with E-state index in [0.717, 1.165) is 35.1 Å². The van der Waals surface area contributed by atoms with E-state index in [4.69, 9.17) is 0 Å². The summed E-state index contributed by atoms with van der Waals surface area (Å²) < 4.78 is 0.967. The third-order valence-corrected chi connectivity index (χ3v) is 3.69. The number of carboxylic acids is 1. The Kier molecular flexibility index (Phi) is 4.07. The molecule has 1 aliphatic rings. The molecule has 0 atom stereocenters. The van der Waals surface area contributed by atoms with Crippen LogP contribution in [0.5, 0.6) is 0 Å². The molecule has 1 heterocycles. The van der Waals surface area contributed by atoms with E-state index < -0.39 is 5.97 Å². The molecule has 0 unspecified atom stereocenters. The van der Waals surface area contributed by atoms with Crippen molar-refractivity contribution < 1.29 is 9.90 Å². The first-order valence-electron chi connectivity index (χ1n) is 6.02. The number of nitrogens with zero attached hydrogens (tertiary/aromatic N) is 1. The molecule has 2 rings (SSSR count). The Hall–Kier alpha value is -1.29. The van der Waals surface area contributed by atoms with Gasteiger partial charge in [-0.1, -0.05) is 15.9 Å². The second-order valence-electron chi connectivity index (χ2n) is 4.56. The predicted molar refractivity (Wildman–Crippen MR) is 76.9 cm³/mol. The lowest BCUT2D eigenvalue weighted by atomic mass is 10.1. The van der Waals surface area contributed by atoms with Crippen LogP contribution >= 0.6 is 15.9 Å². The highest BCUT2D eigenvalue weighted by molar-refractivity contribution is 9.10. The first kappa shape index (κ1) is 13.1. The van der Waals surface area contributed by atoms with Gasteiger partial charge in [0.15, 0.2) is 0 Å². The van der Waals surface area contributed by atoms with E-state index >= 15 is 0 Å². The molecule has 96 valence electrons. The van der Waals surface area contributed by atoms with Gasteiger partial charge in [-0.05, 0) is 49.1 Å². The fraction of sp³-hybridized carbons (Fsp3) is 0.357. The highest BCUT2D eigenvalue weighted by Gasteiger charge is 2.14. The highest BCUT2D eigenvalue weighted by Crippen LogP contribution is 2.28. The summed E-state index contributed by atoms with van der Waals surface area (Å²) >= 11 is 3.44. The molecule has 0 fully saturated rings. The van der Waals surface area contributed by atoms with Crippen molar-refractivity contribution in [3.63, 3.8) is 0 Å². The van der Waals surface area contributed by atoms with Gasteiger partial charge in [0.2, 0.25) is 0 Å². The number of hydrogen-bond acceptors (Lipinski definition) is 2. The van der Waals surface area contributed by atoms with Gasteiger partial charge >= 0.3 is 5.97 Å². The summed E-state index contributed by atoms with van der Waals surface area (Å²) in [7, 11) is 2.05. The Morgan fingerprint density at radius 1 is 1.39 bits per heavy atom. The van der Waals surface area contributed by atoms with Gasteiger partial charge in [0, 0.05) is 29.3 Å². The fourth-order valence-electron chi connectivity index (χ4n) is 2.20. The van der Waals surface area contributed by atoms with E-state index in [1.807, 2.05) is 25.2 Å². The van der Waals surface area contributed by atoms with Gasteiger partial charge in [0.1, 0.15) is 0 Å². The molecule has 0 saturated heterocycles. The van der Waals surface area contributed by atoms with Crippen LogP contribution in [0.25, 0.3) is 6.08 Å². The first-order chi connectivity index (χ1) is 8.58. The second-order valence-corrected chi connectivity index (χ2v) is 5.47. The van der Waals surface area contributed by atoms with Crippen molar-refractivity contribution in [3.05, 3.63) is 33.8 Å². The Bertz CT molecular complexity index is 497. The average molecular weight is 310 g/mol. The summed E-state index contributed by atoms with van der Waals surface area (Å²) in [6.07, 6.45) is 4.35. The molecule has 0 spiro atoms. The van der Waals surface area contributed by atoms with E-state index in [1.54, 1.807) is 6.08 Å². The summed E-state index contributed by atoms with van der Waals surface area (Å²) in [5.41, 5.74) is 2.54. The number of carboxylic acid groups (broad SMARTS) is 1. The number of aliphatic carboxylic acids is 1. The minimum atomic E-state index is -0.814. The van der Waals surface area contributed by atoms with E-state index in [1.165, 1.54) is 0 Å². The minimum absolute atomic E-state index is 0.490. The molecule has 0 amide bonds. The Labute approximate surface area is 115 Å². The molecular formula is C14H16BrNO2. The molecule has 0 aromatic heterocycles. The van der Waals surface area contributed by atoms with E-state index in [9.17, 15) is 9.90 Å². The molecule has 3 nitrogen and oxygen atoms in total. The van der Waals surface area contributed by atoms with Crippen LogP contribution in [0, 0.1) is 0 Å². The summed E-state index contributed by atoms with van der Waals surface area (Å²) in [4.78, 5) is 13.4. The van der Waals surface area contributed by atoms with Crippen molar-refractivity contribution in [2.24, 2.45) is 0 Å². The van der Waals surface area contributed by atoms with E-state index in [0.29, 0.717) is 12.0 Å². The molecule has 4 heteroatoms. The van der Waals surface area contributed by atoms with Gasteiger partial charge in [-0.3, -0.25) is 0 Å². The quantitative estimate of drug-likeness (QED) is 0.862. The lowest BCUT2D eigenvalue weighted by Gasteiger charge is -2.21. The number of benzene rings is 1. The zero-order valence-electron chi connectivity index (χ0n) is 10.3. The largest absolute Gasteiger partial charge is 0.478 e. The summed E-state index contributed by atoms with van der Waals surface area (Å²) in [6.45, 7) is 0.954. The summed E-state index contributed by atoms with van der Waals surface area (Å²) in [5.74, 6) is -0.814. The number of halogens is 1. The van der Waals surface area contributed by atoms with Gasteiger partial charge in [-0.2, -0.15) is 0 Å². The molecule has 0 radical (unpaired) electrons. The predicted octanol–water partition coefficient (Wildman–Crippen LogP) is 3.54. The Morgan fingerprint density at radius 3 is 2.89 bits per heavy atom. The highest BCUT2D eigenvalue weighted by atomic mass is 79.9. The SMILES string of the molecule is CN1CCCCC(C(=O)O)=Cc2cc(Br)ccc21. The van der Waals surface area contributed by atoms with Crippen molar-refractivity contribution in [1.82, 2.24) is 0 Å². The number of carbonyl (C=O) groups is 1. The third kappa shape index (κ3) is 2.93. The van der Waals surface area contributed by atoms with E-state index in [2.05, 4.69) is 20.8 Å². The van der Waals surface area contributed by atoms with Gasteiger partial charge in [-0.25, -0.2) is 4.79 Å². The number of fused-ring (bicyclic) bond motifs is 1. The molecule has 0 bridgehead atoms. The summed E-state index contributed by atoms with van der Waals surface area (Å²) in [5, 5.41) is 9.21. The lowest BCUT2D eigenvalue weighted by Crippen LogP contribution is -2.18. The topological polar surface area (TPSA) is 40.5 Å². The van der Waals surface area contributed by atoms with Crippen LogP contribution in [0.15, 0.2) is 28.2 Å². The van der Waals surface area contributed by atoms with Gasteiger partial charge in [0.25, 0.3) is 0 Å². The Balaban J connectivity index is 2.51. The standard InChI is InChI=1S/C14H16BrNO2/c1-16-7-3-2-4-10(14(17)18)8-11-9-12(15)5-6-13(11)16/h5-6,8-9H,2-4,7H2,1H3,(H,17,18). The van der Waals surface area contributed by atoms with Crippen LogP contribution in [0.1, 0.15) is 24.8 Å². The van der Waals surface area contributed by atoms with Gasteiger partial charge in [-0.15, -0.1) is 0 Å². The molecule has 1 aromatic rings. The average Bonchev–Trinajstić information content (AvgIpc) is 2.39. The molecule has 1 aromatic carbocycles. The zero-order valence-corrected chi connectivity index (χ0v) is 11.9. The maximum absolute atomic E-state index is 11.2. The van der Waals surface area contributed by atoms with Crippen LogP contribution < -0.4 is 4.90 Å². The van der Waals surface area contributed by atoms with Gasteiger partial charge in [0.05, 0.1) is 0 Å². The maximum atomic E-state index is 11.2. The smallest absolute Gasteiger partial charge is 0.331 e. The second kappa shape index (κ2) is 5.57. The van der Waals surface area contributed by atoms with Crippen LogP contribution in [0.2, 0.25) is 0 Å². The van der Waals surface area contributed by atoms with Crippen LogP contribution in [0.3, 0.4) is 0 Å². The molecule has 18 heavy (non-hydrogen) atoms. The molecule has 0 saturated carbocycles. The van der Waals surface area contributed by atoms with Crippen LogP contribution in [0.4, 0.5) is 5.69 Å². The van der Waals surface area contributed by atoms with Crippen LogP contribution in [-0.4, -0.2) is 24.7 Å². The minimum Gasteiger partial charge on any atom is -0.478 e. The Morgan fingerprint density at radius 2 is 2.17 bits per heavy atom. The van der Waals surface area contributed by atoms with E-state index in [-0.39, 0.29) is 0 Å². The number of anilines is 1.